The Kier molecular flexibility index (Phi) is 58.6. The molecule has 1 saturated heterocycles. The maximum absolute atomic E-state index is 13.5. The van der Waals surface area contributed by atoms with Gasteiger partial charge in [0.1, 0.15) is 24.4 Å². The van der Waals surface area contributed by atoms with E-state index in [4.69, 9.17) is 14.2 Å². The third-order valence-corrected chi connectivity index (χ3v) is 17.6. The Morgan fingerprint density at radius 3 is 1.15 bits per heavy atom. The average molecular weight is 1190 g/mol. The first-order chi connectivity index (χ1) is 41.2. The molecular formula is C73H139NO10. The quantitative estimate of drug-likeness (QED) is 0.0195. The molecule has 1 aliphatic heterocycles. The maximum atomic E-state index is 13.5. The van der Waals surface area contributed by atoms with Crippen molar-refractivity contribution < 1.29 is 49.3 Å². The van der Waals surface area contributed by atoms with Crippen LogP contribution in [-0.4, -0.2) is 99.6 Å². The van der Waals surface area contributed by atoms with Crippen molar-refractivity contribution in [1.82, 2.24) is 5.32 Å². The predicted molar refractivity (Wildman–Crippen MR) is 352 cm³/mol. The van der Waals surface area contributed by atoms with E-state index in [1.165, 1.54) is 263 Å². The molecule has 8 unspecified atom stereocenters. The van der Waals surface area contributed by atoms with Crippen LogP contribution >= 0.6 is 0 Å². The standard InChI is InChI=1S/C73H139NO10/c1-4-7-10-13-16-19-22-25-27-29-31-32-33-34-35-37-38-40-42-45-48-51-54-57-60-66(77)72(81)74-64(65(76)59-56-53-50-47-44-24-21-18-15-12-9-6-3)63-82-73-71(70(80)69(79)67(62-75)83-73)84-68(78)61-58-55-52-49-46-43-41-39-36-30-28-26-23-20-17-14-11-8-5-2/h25,27,56,59,64-67,69-71,73,75-77,79-80H,4-24,26,28-55,57-58,60-63H2,1-3H3,(H,74,81)/b27-25+,59-56+. The summed E-state index contributed by atoms with van der Waals surface area (Å²) in [6.45, 7) is 5.85. The van der Waals surface area contributed by atoms with E-state index in [2.05, 4.69) is 38.2 Å². The van der Waals surface area contributed by atoms with Crippen molar-refractivity contribution in [2.24, 2.45) is 0 Å². The fraction of sp³-hybridized carbons (Fsp3) is 0.918. The zero-order valence-corrected chi connectivity index (χ0v) is 55.3. The fourth-order valence-corrected chi connectivity index (χ4v) is 11.8. The third-order valence-electron chi connectivity index (χ3n) is 17.6. The minimum atomic E-state index is -1.61. The zero-order chi connectivity index (χ0) is 61.0. The molecule has 0 bridgehead atoms. The van der Waals surface area contributed by atoms with Crippen molar-refractivity contribution in [2.75, 3.05) is 13.2 Å². The van der Waals surface area contributed by atoms with E-state index in [-0.39, 0.29) is 13.0 Å². The van der Waals surface area contributed by atoms with Crippen LogP contribution in [0.2, 0.25) is 0 Å². The van der Waals surface area contributed by atoms with E-state index in [1.54, 1.807) is 6.08 Å². The number of unbranched alkanes of at least 4 members (excludes halogenated alkanes) is 48. The van der Waals surface area contributed by atoms with Gasteiger partial charge >= 0.3 is 5.97 Å². The first-order valence-corrected chi connectivity index (χ1v) is 36.6. The summed E-state index contributed by atoms with van der Waals surface area (Å²) < 4.78 is 17.7. The lowest BCUT2D eigenvalue weighted by Crippen LogP contribution is -2.61. The molecule has 0 aromatic heterocycles. The highest BCUT2D eigenvalue weighted by Crippen LogP contribution is 2.27. The lowest BCUT2D eigenvalue weighted by atomic mass is 9.99. The number of allylic oxidation sites excluding steroid dienone is 3. The van der Waals surface area contributed by atoms with Crippen LogP contribution < -0.4 is 5.32 Å². The molecule has 1 fully saturated rings. The third kappa shape index (κ3) is 48.1. The van der Waals surface area contributed by atoms with Gasteiger partial charge in [0.15, 0.2) is 12.4 Å². The molecule has 11 nitrogen and oxygen atoms in total. The first kappa shape index (κ1) is 80.2. The minimum Gasteiger partial charge on any atom is -0.454 e. The molecule has 1 heterocycles. The molecule has 496 valence electrons. The summed E-state index contributed by atoms with van der Waals surface area (Å²) >= 11 is 0. The number of nitrogens with one attached hydrogen (secondary N) is 1. The summed E-state index contributed by atoms with van der Waals surface area (Å²) in [5, 5.41) is 57.3. The summed E-state index contributed by atoms with van der Waals surface area (Å²) in [6.07, 6.45) is 63.7. The van der Waals surface area contributed by atoms with Crippen LogP contribution in [0.1, 0.15) is 367 Å². The monoisotopic (exact) mass is 1190 g/mol. The number of ether oxygens (including phenoxy) is 3. The van der Waals surface area contributed by atoms with Gasteiger partial charge < -0.3 is 45.1 Å². The van der Waals surface area contributed by atoms with Gasteiger partial charge in [-0.15, -0.1) is 0 Å². The molecule has 84 heavy (non-hydrogen) atoms. The Morgan fingerprint density at radius 2 is 0.786 bits per heavy atom. The minimum absolute atomic E-state index is 0.131. The molecule has 0 aliphatic carbocycles. The highest BCUT2D eigenvalue weighted by atomic mass is 16.7. The topological polar surface area (TPSA) is 175 Å². The van der Waals surface area contributed by atoms with Crippen LogP contribution in [-0.2, 0) is 23.8 Å². The zero-order valence-electron chi connectivity index (χ0n) is 55.3. The van der Waals surface area contributed by atoms with Crippen LogP contribution in [0, 0.1) is 0 Å². The number of hydrogen-bond donors (Lipinski definition) is 6. The van der Waals surface area contributed by atoms with Gasteiger partial charge in [-0.3, -0.25) is 9.59 Å². The molecule has 0 radical (unpaired) electrons. The molecule has 0 aromatic rings. The summed E-state index contributed by atoms with van der Waals surface area (Å²) in [5.74, 6) is -1.17. The normalized spacial score (nSPS) is 18.5. The van der Waals surface area contributed by atoms with Crippen molar-refractivity contribution in [2.45, 2.75) is 416 Å². The first-order valence-electron chi connectivity index (χ1n) is 36.6. The number of carbonyl (C=O) groups excluding carboxylic acids is 2. The van der Waals surface area contributed by atoms with Gasteiger partial charge in [-0.25, -0.2) is 0 Å². The Morgan fingerprint density at radius 1 is 0.452 bits per heavy atom. The number of amides is 1. The largest absolute Gasteiger partial charge is 0.454 e. The van der Waals surface area contributed by atoms with Gasteiger partial charge in [-0.2, -0.15) is 0 Å². The van der Waals surface area contributed by atoms with Gasteiger partial charge in [0, 0.05) is 6.42 Å². The predicted octanol–water partition coefficient (Wildman–Crippen LogP) is 18.8. The molecule has 0 aromatic carbocycles. The fourth-order valence-electron chi connectivity index (χ4n) is 11.8. The van der Waals surface area contributed by atoms with Gasteiger partial charge in [-0.05, 0) is 51.4 Å². The van der Waals surface area contributed by atoms with Crippen molar-refractivity contribution >= 4 is 11.9 Å². The lowest BCUT2D eigenvalue weighted by Gasteiger charge is -2.41. The molecular weight excluding hydrogens is 1050 g/mol. The van der Waals surface area contributed by atoms with E-state index in [1.807, 2.05) is 6.08 Å². The van der Waals surface area contributed by atoms with Crippen LogP contribution in [0.25, 0.3) is 0 Å². The van der Waals surface area contributed by atoms with Crippen LogP contribution in [0.3, 0.4) is 0 Å². The summed E-state index contributed by atoms with van der Waals surface area (Å²) in [5.41, 5.74) is 0. The molecule has 0 spiro atoms. The lowest BCUT2D eigenvalue weighted by molar-refractivity contribution is -0.305. The van der Waals surface area contributed by atoms with Crippen molar-refractivity contribution in [1.29, 1.82) is 0 Å². The van der Waals surface area contributed by atoms with E-state index in [9.17, 15) is 35.1 Å². The second kappa shape index (κ2) is 61.4. The van der Waals surface area contributed by atoms with Crippen LogP contribution in [0.15, 0.2) is 24.3 Å². The molecule has 8 atom stereocenters. The Balaban J connectivity index is 2.54. The number of esters is 1. The number of rotatable bonds is 64. The Labute approximate surface area is 518 Å². The second-order valence-electron chi connectivity index (χ2n) is 25.7. The van der Waals surface area contributed by atoms with Crippen molar-refractivity contribution in [3.8, 4) is 0 Å². The second-order valence-corrected chi connectivity index (χ2v) is 25.7. The molecule has 11 heteroatoms. The van der Waals surface area contributed by atoms with Crippen LogP contribution in [0.5, 0.6) is 0 Å². The molecule has 1 amide bonds. The smallest absolute Gasteiger partial charge is 0.306 e. The highest BCUT2D eigenvalue weighted by Gasteiger charge is 2.47. The highest BCUT2D eigenvalue weighted by molar-refractivity contribution is 5.80. The van der Waals surface area contributed by atoms with Gasteiger partial charge in [0.05, 0.1) is 25.4 Å². The molecule has 6 N–H and O–H groups in total. The molecule has 0 saturated carbocycles. The van der Waals surface area contributed by atoms with E-state index in [0.717, 1.165) is 57.8 Å². The summed E-state index contributed by atoms with van der Waals surface area (Å²) in [4.78, 5) is 26.7. The van der Waals surface area contributed by atoms with E-state index < -0.39 is 67.4 Å². The summed E-state index contributed by atoms with van der Waals surface area (Å²) in [6, 6.07) is -1.02. The Bertz CT molecular complexity index is 1460. The van der Waals surface area contributed by atoms with E-state index >= 15 is 0 Å². The number of carbonyl (C=O) groups is 2. The van der Waals surface area contributed by atoms with Gasteiger partial charge in [0.2, 0.25) is 5.91 Å². The van der Waals surface area contributed by atoms with Gasteiger partial charge in [0.25, 0.3) is 0 Å². The number of aliphatic hydroxyl groups is 5. The van der Waals surface area contributed by atoms with Crippen molar-refractivity contribution in [3.05, 3.63) is 24.3 Å². The maximum Gasteiger partial charge on any atom is 0.306 e. The van der Waals surface area contributed by atoms with Crippen molar-refractivity contribution in [3.63, 3.8) is 0 Å². The average Bonchev–Trinajstić information content (AvgIpc) is 3.54. The Hall–Kier alpha value is -1.86. The molecule has 1 aliphatic rings. The SMILES string of the molecule is CCCCCCCC/C=C/CCCCCCCCCCCCCCCCC(O)C(=O)NC(COC1OC(CO)C(O)C(O)C1OC(=O)CCCCCCCCCCCCCCCCCCCCC)C(O)/C=C/CCCCCCCCCCCC. The van der Waals surface area contributed by atoms with E-state index in [0.29, 0.717) is 19.3 Å². The molecule has 1 rings (SSSR count). The number of aliphatic hydroxyl groups excluding tert-OH is 5. The van der Waals surface area contributed by atoms with Crippen LogP contribution in [0.4, 0.5) is 0 Å². The summed E-state index contributed by atoms with van der Waals surface area (Å²) in [7, 11) is 0. The van der Waals surface area contributed by atoms with Gasteiger partial charge in [-0.1, -0.05) is 334 Å². The number of hydrogen-bond acceptors (Lipinski definition) is 10.